The summed E-state index contributed by atoms with van der Waals surface area (Å²) >= 11 is 0. The van der Waals surface area contributed by atoms with Crippen LogP contribution in [0.2, 0.25) is 0 Å². The normalized spacial score (nSPS) is 11.2. The van der Waals surface area contributed by atoms with E-state index in [9.17, 15) is 8.42 Å². The monoisotopic (exact) mass is 260 g/mol. The number of halogens is 1. The summed E-state index contributed by atoms with van der Waals surface area (Å²) in [6.07, 6.45) is 0. The number of hydrogen-bond acceptors (Lipinski definition) is 3. The molecule has 0 saturated heterocycles. The first-order valence-corrected chi connectivity index (χ1v) is 6.94. The van der Waals surface area contributed by atoms with E-state index in [0.29, 0.717) is 17.9 Å². The van der Waals surface area contributed by atoms with Crippen LogP contribution in [0.15, 0.2) is 35.2 Å². The molecule has 0 aromatic heterocycles. The van der Waals surface area contributed by atoms with Crippen LogP contribution >= 0.6 is 10.7 Å². The minimum Gasteiger partial charge on any atom is -0.489 e. The molecule has 88 valence electrons. The van der Waals surface area contributed by atoms with Gasteiger partial charge < -0.3 is 4.74 Å². The average molecular weight is 261 g/mol. The highest BCUT2D eigenvalue weighted by Crippen LogP contribution is 2.24. The van der Waals surface area contributed by atoms with Gasteiger partial charge in [-0.1, -0.05) is 6.58 Å². The second kappa shape index (κ2) is 4.89. The molecule has 16 heavy (non-hydrogen) atoms. The Balaban J connectivity index is 2.96. The fourth-order valence-corrected chi connectivity index (χ4v) is 2.39. The maximum Gasteiger partial charge on any atom is 0.261 e. The van der Waals surface area contributed by atoms with Crippen molar-refractivity contribution in [3.8, 4) is 5.75 Å². The molecule has 0 amide bonds. The van der Waals surface area contributed by atoms with Gasteiger partial charge in [0.25, 0.3) is 9.05 Å². The summed E-state index contributed by atoms with van der Waals surface area (Å²) in [5.74, 6) is 0.601. The van der Waals surface area contributed by atoms with Crippen molar-refractivity contribution in [1.82, 2.24) is 0 Å². The van der Waals surface area contributed by atoms with Gasteiger partial charge in [0.15, 0.2) is 0 Å². The lowest BCUT2D eigenvalue weighted by Crippen LogP contribution is -1.99. The molecule has 0 atom stereocenters. The van der Waals surface area contributed by atoms with E-state index in [1.165, 1.54) is 6.07 Å². The summed E-state index contributed by atoms with van der Waals surface area (Å²) in [4.78, 5) is 0.108. The second-order valence-electron chi connectivity index (χ2n) is 3.61. The molecule has 0 unspecified atom stereocenters. The van der Waals surface area contributed by atoms with E-state index in [1.54, 1.807) is 19.1 Å². The standard InChI is InChI=1S/C11H13ClO3S/c1-8(2)7-15-10-4-5-11(9(3)6-10)16(12,13)14/h4-6H,1,7H2,2-3H3. The predicted molar refractivity (Wildman–Crippen MR) is 64.5 cm³/mol. The molecule has 0 bridgehead atoms. The molecule has 0 aliphatic rings. The fourth-order valence-electron chi connectivity index (χ4n) is 1.19. The first-order valence-electron chi connectivity index (χ1n) is 4.63. The SMILES string of the molecule is C=C(C)COc1ccc(S(=O)(=O)Cl)c(C)c1. The number of benzene rings is 1. The van der Waals surface area contributed by atoms with E-state index >= 15 is 0 Å². The molecule has 1 aromatic rings. The van der Waals surface area contributed by atoms with Gasteiger partial charge in [0.2, 0.25) is 0 Å². The first-order chi connectivity index (χ1) is 7.30. The van der Waals surface area contributed by atoms with Gasteiger partial charge in [-0.3, -0.25) is 0 Å². The number of rotatable bonds is 4. The molecular formula is C11H13ClO3S. The lowest BCUT2D eigenvalue weighted by molar-refractivity contribution is 0.352. The van der Waals surface area contributed by atoms with Crippen LogP contribution < -0.4 is 4.74 Å². The van der Waals surface area contributed by atoms with E-state index in [-0.39, 0.29) is 4.90 Å². The Bertz CT molecular complexity index is 506. The lowest BCUT2D eigenvalue weighted by Gasteiger charge is -2.08. The minimum absolute atomic E-state index is 0.108. The van der Waals surface area contributed by atoms with Gasteiger partial charge in [0.1, 0.15) is 12.4 Å². The second-order valence-corrected chi connectivity index (χ2v) is 6.15. The summed E-state index contributed by atoms with van der Waals surface area (Å²) in [6.45, 7) is 7.64. The van der Waals surface area contributed by atoms with E-state index in [0.717, 1.165) is 5.57 Å². The first kappa shape index (κ1) is 13.1. The Labute approximate surface area is 100 Å². The van der Waals surface area contributed by atoms with Gasteiger partial charge in [-0.15, -0.1) is 0 Å². The maximum atomic E-state index is 11.1. The molecule has 0 spiro atoms. The highest BCUT2D eigenvalue weighted by Gasteiger charge is 2.13. The third kappa shape index (κ3) is 3.54. The zero-order valence-corrected chi connectivity index (χ0v) is 10.7. The van der Waals surface area contributed by atoms with Gasteiger partial charge in [0.05, 0.1) is 4.90 Å². The summed E-state index contributed by atoms with van der Waals surface area (Å²) in [5, 5.41) is 0. The summed E-state index contributed by atoms with van der Waals surface area (Å²) < 4.78 is 27.7. The van der Waals surface area contributed by atoms with Crippen LogP contribution in [0.25, 0.3) is 0 Å². The molecule has 1 aromatic carbocycles. The van der Waals surface area contributed by atoms with Crippen LogP contribution in [0.5, 0.6) is 5.75 Å². The highest BCUT2D eigenvalue weighted by molar-refractivity contribution is 8.13. The van der Waals surface area contributed by atoms with Crippen molar-refractivity contribution in [3.05, 3.63) is 35.9 Å². The lowest BCUT2D eigenvalue weighted by atomic mass is 10.2. The largest absolute Gasteiger partial charge is 0.489 e. The van der Waals surface area contributed by atoms with E-state index in [1.807, 2.05) is 6.92 Å². The Morgan fingerprint density at radius 2 is 2.12 bits per heavy atom. The van der Waals surface area contributed by atoms with E-state index in [4.69, 9.17) is 15.4 Å². The number of aryl methyl sites for hydroxylation is 1. The van der Waals surface area contributed by atoms with Crippen LogP contribution in [0.3, 0.4) is 0 Å². The third-order valence-electron chi connectivity index (χ3n) is 1.89. The summed E-state index contributed by atoms with van der Waals surface area (Å²) in [6, 6.07) is 4.65. The van der Waals surface area contributed by atoms with Crippen molar-refractivity contribution in [2.45, 2.75) is 18.7 Å². The van der Waals surface area contributed by atoms with Crippen LogP contribution in [-0.4, -0.2) is 15.0 Å². The van der Waals surface area contributed by atoms with Gasteiger partial charge in [0, 0.05) is 10.7 Å². The Morgan fingerprint density at radius 3 is 2.56 bits per heavy atom. The molecule has 0 aliphatic heterocycles. The van der Waals surface area contributed by atoms with Crippen molar-refractivity contribution in [3.63, 3.8) is 0 Å². The number of ether oxygens (including phenoxy) is 1. The highest BCUT2D eigenvalue weighted by atomic mass is 35.7. The van der Waals surface area contributed by atoms with Crippen molar-refractivity contribution >= 4 is 19.7 Å². The summed E-state index contributed by atoms with van der Waals surface area (Å²) in [5.41, 5.74) is 1.46. The van der Waals surface area contributed by atoms with Gasteiger partial charge >= 0.3 is 0 Å². The molecule has 0 fully saturated rings. The van der Waals surface area contributed by atoms with Crippen LogP contribution in [0.1, 0.15) is 12.5 Å². The molecule has 0 radical (unpaired) electrons. The number of hydrogen-bond donors (Lipinski definition) is 0. The van der Waals surface area contributed by atoms with Crippen molar-refractivity contribution in [2.75, 3.05) is 6.61 Å². The van der Waals surface area contributed by atoms with Crippen LogP contribution in [-0.2, 0) is 9.05 Å². The van der Waals surface area contributed by atoms with Gasteiger partial charge in [-0.05, 0) is 43.2 Å². The Kier molecular flexibility index (Phi) is 3.99. The van der Waals surface area contributed by atoms with Crippen molar-refractivity contribution < 1.29 is 13.2 Å². The maximum absolute atomic E-state index is 11.1. The Morgan fingerprint density at radius 1 is 1.50 bits per heavy atom. The minimum atomic E-state index is -3.68. The molecular weight excluding hydrogens is 248 g/mol. The Hall–Kier alpha value is -1.00. The quantitative estimate of drug-likeness (QED) is 0.618. The molecule has 1 rings (SSSR count). The molecule has 0 heterocycles. The zero-order chi connectivity index (χ0) is 12.3. The van der Waals surface area contributed by atoms with E-state index in [2.05, 4.69) is 6.58 Å². The van der Waals surface area contributed by atoms with Crippen molar-refractivity contribution in [2.24, 2.45) is 0 Å². The van der Waals surface area contributed by atoms with Gasteiger partial charge in [-0.25, -0.2) is 8.42 Å². The zero-order valence-electron chi connectivity index (χ0n) is 9.16. The predicted octanol–water partition coefficient (Wildman–Crippen LogP) is 2.88. The topological polar surface area (TPSA) is 43.4 Å². The fraction of sp³-hybridized carbons (Fsp3) is 0.273. The van der Waals surface area contributed by atoms with E-state index < -0.39 is 9.05 Å². The van der Waals surface area contributed by atoms with Crippen LogP contribution in [0.4, 0.5) is 0 Å². The van der Waals surface area contributed by atoms with Crippen molar-refractivity contribution in [1.29, 1.82) is 0 Å². The summed E-state index contributed by atoms with van der Waals surface area (Å²) in [7, 11) is 1.58. The van der Waals surface area contributed by atoms with Gasteiger partial charge in [-0.2, -0.15) is 0 Å². The molecule has 0 saturated carbocycles. The average Bonchev–Trinajstić information content (AvgIpc) is 2.12. The molecule has 0 N–H and O–H groups in total. The van der Waals surface area contributed by atoms with Crippen LogP contribution in [0, 0.1) is 6.92 Å². The third-order valence-corrected chi connectivity index (χ3v) is 3.38. The molecule has 5 heteroatoms. The smallest absolute Gasteiger partial charge is 0.261 e. The molecule has 0 aliphatic carbocycles. The molecule has 3 nitrogen and oxygen atoms in total.